The van der Waals surface area contributed by atoms with Crippen molar-refractivity contribution in [3.63, 3.8) is 0 Å². The van der Waals surface area contributed by atoms with Crippen LogP contribution in [0.5, 0.6) is 0 Å². The number of rotatable bonds is 2. The summed E-state index contributed by atoms with van der Waals surface area (Å²) >= 11 is 0. The smallest absolute Gasteiger partial charge is 0.134 e. The number of hydrogen-bond acceptors (Lipinski definition) is 4. The van der Waals surface area contributed by atoms with Gasteiger partial charge >= 0.3 is 0 Å². The van der Waals surface area contributed by atoms with Crippen LogP contribution in [0.2, 0.25) is 0 Å². The first-order chi connectivity index (χ1) is 7.79. The summed E-state index contributed by atoms with van der Waals surface area (Å²) in [5.41, 5.74) is 5.80. The van der Waals surface area contributed by atoms with Crippen LogP contribution in [0.1, 0.15) is 38.4 Å². The van der Waals surface area contributed by atoms with Gasteiger partial charge in [0.1, 0.15) is 17.5 Å². The van der Waals surface area contributed by atoms with E-state index in [9.17, 15) is 0 Å². The minimum Gasteiger partial charge on any atom is -0.384 e. The maximum atomic E-state index is 5.80. The Morgan fingerprint density at radius 1 is 1.19 bits per heavy atom. The first kappa shape index (κ1) is 11.2. The van der Waals surface area contributed by atoms with Crippen LogP contribution in [0.15, 0.2) is 6.07 Å². The van der Waals surface area contributed by atoms with Gasteiger partial charge in [-0.2, -0.15) is 0 Å². The van der Waals surface area contributed by atoms with Crippen molar-refractivity contribution in [2.45, 2.75) is 39.0 Å². The number of hydrogen-bond donors (Lipinski definition) is 1. The molecule has 0 bridgehead atoms. The van der Waals surface area contributed by atoms with E-state index in [1.54, 1.807) is 0 Å². The highest BCUT2D eigenvalue weighted by Gasteiger charge is 2.12. The van der Waals surface area contributed by atoms with Gasteiger partial charge in [0.2, 0.25) is 0 Å². The number of nitrogens with two attached hydrogens (primary N) is 1. The molecule has 0 amide bonds. The molecule has 4 heteroatoms. The molecule has 88 valence electrons. The van der Waals surface area contributed by atoms with Crippen LogP contribution in [0.3, 0.4) is 0 Å². The predicted molar refractivity (Wildman–Crippen MR) is 66.5 cm³/mol. The minimum absolute atomic E-state index is 0.589. The van der Waals surface area contributed by atoms with Gasteiger partial charge in [-0.25, -0.2) is 9.97 Å². The molecule has 0 spiro atoms. The van der Waals surface area contributed by atoms with Crippen molar-refractivity contribution >= 4 is 11.6 Å². The van der Waals surface area contributed by atoms with E-state index in [2.05, 4.69) is 21.8 Å². The Balaban J connectivity index is 2.20. The molecule has 1 aromatic heterocycles. The molecule has 16 heavy (non-hydrogen) atoms. The molecule has 1 fully saturated rings. The summed E-state index contributed by atoms with van der Waals surface area (Å²) in [5, 5.41) is 0. The summed E-state index contributed by atoms with van der Waals surface area (Å²) in [6, 6.07) is 1.89. The maximum absolute atomic E-state index is 5.80. The predicted octanol–water partition coefficient (Wildman–Crippen LogP) is 2.00. The quantitative estimate of drug-likeness (QED) is 0.828. The van der Waals surface area contributed by atoms with Gasteiger partial charge in [-0.05, 0) is 12.8 Å². The molecule has 0 aliphatic carbocycles. The van der Waals surface area contributed by atoms with Crippen molar-refractivity contribution in [2.75, 3.05) is 23.7 Å². The Kier molecular flexibility index (Phi) is 3.59. The van der Waals surface area contributed by atoms with E-state index in [-0.39, 0.29) is 0 Å². The Labute approximate surface area is 96.9 Å². The van der Waals surface area contributed by atoms with E-state index in [1.165, 1.54) is 25.7 Å². The van der Waals surface area contributed by atoms with Crippen LogP contribution in [0.25, 0.3) is 0 Å². The third-order valence-corrected chi connectivity index (χ3v) is 3.03. The monoisotopic (exact) mass is 220 g/mol. The molecular weight excluding hydrogens is 200 g/mol. The van der Waals surface area contributed by atoms with Crippen LogP contribution in [0.4, 0.5) is 11.6 Å². The van der Waals surface area contributed by atoms with Crippen LogP contribution < -0.4 is 10.6 Å². The molecule has 0 unspecified atom stereocenters. The fraction of sp³-hybridized carbons (Fsp3) is 0.667. The standard InChI is InChI=1S/C12H20N4/c1-2-11-14-10(13)9-12(15-11)16-7-5-3-4-6-8-16/h9H,2-8H2,1H3,(H2,13,14,15). The minimum atomic E-state index is 0.589. The fourth-order valence-electron chi connectivity index (χ4n) is 2.12. The molecule has 0 atom stereocenters. The normalized spacial score (nSPS) is 17.2. The number of aryl methyl sites for hydroxylation is 1. The zero-order valence-electron chi connectivity index (χ0n) is 9.95. The lowest BCUT2D eigenvalue weighted by atomic mass is 10.2. The van der Waals surface area contributed by atoms with E-state index in [0.29, 0.717) is 5.82 Å². The van der Waals surface area contributed by atoms with Crippen molar-refractivity contribution in [3.8, 4) is 0 Å². The summed E-state index contributed by atoms with van der Waals surface area (Å²) in [6.45, 7) is 4.25. The Bertz CT molecular complexity index is 343. The number of nitrogen functional groups attached to an aromatic ring is 1. The molecule has 2 N–H and O–H groups in total. The van der Waals surface area contributed by atoms with Crippen molar-refractivity contribution < 1.29 is 0 Å². The number of aromatic nitrogens is 2. The van der Waals surface area contributed by atoms with Crippen molar-refractivity contribution in [1.82, 2.24) is 9.97 Å². The highest BCUT2D eigenvalue weighted by Crippen LogP contribution is 2.19. The first-order valence-electron chi connectivity index (χ1n) is 6.18. The third kappa shape index (κ3) is 2.62. The summed E-state index contributed by atoms with van der Waals surface area (Å²) in [4.78, 5) is 11.1. The van der Waals surface area contributed by atoms with Gasteiger partial charge in [0.15, 0.2) is 0 Å². The van der Waals surface area contributed by atoms with E-state index in [4.69, 9.17) is 5.73 Å². The fourth-order valence-corrected chi connectivity index (χ4v) is 2.12. The van der Waals surface area contributed by atoms with Gasteiger partial charge in [0.25, 0.3) is 0 Å². The van der Waals surface area contributed by atoms with E-state index in [0.717, 1.165) is 31.2 Å². The van der Waals surface area contributed by atoms with E-state index in [1.807, 2.05) is 6.07 Å². The van der Waals surface area contributed by atoms with Gasteiger partial charge in [0, 0.05) is 25.6 Å². The third-order valence-electron chi connectivity index (χ3n) is 3.03. The Morgan fingerprint density at radius 2 is 1.88 bits per heavy atom. The second-order valence-electron chi connectivity index (χ2n) is 4.32. The molecule has 0 radical (unpaired) electrons. The number of anilines is 2. The topological polar surface area (TPSA) is 55.0 Å². The number of nitrogens with zero attached hydrogens (tertiary/aromatic N) is 3. The Morgan fingerprint density at radius 3 is 2.50 bits per heavy atom. The van der Waals surface area contributed by atoms with Gasteiger partial charge in [0.05, 0.1) is 0 Å². The molecule has 0 aromatic carbocycles. The lowest BCUT2D eigenvalue weighted by molar-refractivity contribution is 0.726. The molecule has 4 nitrogen and oxygen atoms in total. The van der Waals surface area contributed by atoms with Gasteiger partial charge < -0.3 is 10.6 Å². The SMILES string of the molecule is CCc1nc(N)cc(N2CCCCCC2)n1. The Hall–Kier alpha value is -1.32. The lowest BCUT2D eigenvalue weighted by Gasteiger charge is -2.21. The molecule has 1 saturated heterocycles. The van der Waals surface area contributed by atoms with E-state index >= 15 is 0 Å². The molecule has 1 aliphatic rings. The van der Waals surface area contributed by atoms with Gasteiger partial charge in [-0.3, -0.25) is 0 Å². The van der Waals surface area contributed by atoms with Crippen molar-refractivity contribution in [3.05, 3.63) is 11.9 Å². The van der Waals surface area contributed by atoms with Crippen LogP contribution in [0, 0.1) is 0 Å². The summed E-state index contributed by atoms with van der Waals surface area (Å²) < 4.78 is 0. The highest BCUT2D eigenvalue weighted by molar-refractivity contribution is 5.47. The summed E-state index contributed by atoms with van der Waals surface area (Å²) in [7, 11) is 0. The molecule has 0 saturated carbocycles. The molecule has 2 rings (SSSR count). The second kappa shape index (κ2) is 5.14. The zero-order chi connectivity index (χ0) is 11.4. The van der Waals surface area contributed by atoms with Crippen LogP contribution in [-0.2, 0) is 6.42 Å². The summed E-state index contributed by atoms with van der Waals surface area (Å²) in [6.07, 6.45) is 6.01. The largest absolute Gasteiger partial charge is 0.384 e. The zero-order valence-corrected chi connectivity index (χ0v) is 9.95. The van der Waals surface area contributed by atoms with Crippen LogP contribution in [-0.4, -0.2) is 23.1 Å². The maximum Gasteiger partial charge on any atom is 0.134 e. The highest BCUT2D eigenvalue weighted by atomic mass is 15.2. The van der Waals surface area contributed by atoms with Gasteiger partial charge in [-0.1, -0.05) is 19.8 Å². The molecular formula is C12H20N4. The molecule has 2 heterocycles. The molecule has 1 aromatic rings. The van der Waals surface area contributed by atoms with Gasteiger partial charge in [-0.15, -0.1) is 0 Å². The molecule has 1 aliphatic heterocycles. The summed E-state index contributed by atoms with van der Waals surface area (Å²) in [5.74, 6) is 2.44. The average Bonchev–Trinajstić information content (AvgIpc) is 2.56. The first-order valence-corrected chi connectivity index (χ1v) is 6.18. The second-order valence-corrected chi connectivity index (χ2v) is 4.32. The van der Waals surface area contributed by atoms with Crippen molar-refractivity contribution in [2.24, 2.45) is 0 Å². The van der Waals surface area contributed by atoms with Crippen LogP contribution >= 0.6 is 0 Å². The average molecular weight is 220 g/mol. The van der Waals surface area contributed by atoms with E-state index < -0.39 is 0 Å². The lowest BCUT2D eigenvalue weighted by Crippen LogP contribution is -2.25. The van der Waals surface area contributed by atoms with Crippen molar-refractivity contribution in [1.29, 1.82) is 0 Å².